The fourth-order valence-corrected chi connectivity index (χ4v) is 2.47. The number of anilines is 1. The minimum Gasteiger partial charge on any atom is -0.486 e. The molecule has 0 fully saturated rings. The molecule has 0 radical (unpaired) electrons. The largest absolute Gasteiger partial charge is 0.486 e. The summed E-state index contributed by atoms with van der Waals surface area (Å²) in [7, 11) is 0. The lowest BCUT2D eigenvalue weighted by Crippen LogP contribution is -2.23. The summed E-state index contributed by atoms with van der Waals surface area (Å²) in [6, 6.07) is 13.0. The standard InChI is InChI=1S/C17H17NO3/c1-11-6-7-16-12(8-11)9-13(21-16)10-20-17(19)14-4-2-3-5-15(14)18/h2-8,13H,9-10,18H2,1H3. The number of fused-ring (bicyclic) bond motifs is 1. The number of carbonyl (C=O) groups is 1. The van der Waals surface area contributed by atoms with Gasteiger partial charge in [-0.05, 0) is 30.7 Å². The number of hydrogen-bond acceptors (Lipinski definition) is 4. The summed E-state index contributed by atoms with van der Waals surface area (Å²) in [4.78, 5) is 12.0. The average molecular weight is 283 g/mol. The number of benzene rings is 2. The molecule has 2 aromatic rings. The number of nitrogens with two attached hydrogens (primary N) is 1. The van der Waals surface area contributed by atoms with Crippen LogP contribution in [0.2, 0.25) is 0 Å². The molecule has 1 atom stereocenters. The molecule has 0 spiro atoms. The molecule has 3 rings (SSSR count). The third kappa shape index (κ3) is 2.84. The van der Waals surface area contributed by atoms with E-state index in [1.807, 2.05) is 19.1 Å². The highest BCUT2D eigenvalue weighted by Crippen LogP contribution is 2.29. The molecule has 21 heavy (non-hydrogen) atoms. The number of esters is 1. The zero-order chi connectivity index (χ0) is 14.8. The number of para-hydroxylation sites is 1. The van der Waals surface area contributed by atoms with Crippen LogP contribution in [-0.4, -0.2) is 18.7 Å². The zero-order valence-electron chi connectivity index (χ0n) is 11.8. The molecule has 108 valence electrons. The molecule has 1 unspecified atom stereocenters. The summed E-state index contributed by atoms with van der Waals surface area (Å²) in [6.07, 6.45) is 0.630. The number of carbonyl (C=O) groups excluding carboxylic acids is 1. The molecule has 0 aliphatic carbocycles. The quantitative estimate of drug-likeness (QED) is 0.695. The first-order valence-electron chi connectivity index (χ1n) is 6.91. The molecule has 1 heterocycles. The van der Waals surface area contributed by atoms with Gasteiger partial charge in [0.25, 0.3) is 0 Å². The van der Waals surface area contributed by atoms with Crippen molar-refractivity contribution in [1.29, 1.82) is 0 Å². The van der Waals surface area contributed by atoms with Crippen LogP contribution < -0.4 is 10.5 Å². The van der Waals surface area contributed by atoms with Crippen LogP contribution in [-0.2, 0) is 11.2 Å². The molecule has 0 saturated carbocycles. The molecule has 1 aliphatic heterocycles. The lowest BCUT2D eigenvalue weighted by atomic mass is 10.1. The topological polar surface area (TPSA) is 61.5 Å². The maximum atomic E-state index is 12.0. The van der Waals surface area contributed by atoms with Crippen molar-refractivity contribution in [1.82, 2.24) is 0 Å². The number of ether oxygens (including phenoxy) is 2. The van der Waals surface area contributed by atoms with Crippen molar-refractivity contribution >= 4 is 11.7 Å². The molecule has 4 nitrogen and oxygen atoms in total. The van der Waals surface area contributed by atoms with Crippen molar-refractivity contribution in [2.45, 2.75) is 19.4 Å². The van der Waals surface area contributed by atoms with Gasteiger partial charge < -0.3 is 15.2 Å². The van der Waals surface area contributed by atoms with E-state index in [1.165, 1.54) is 5.56 Å². The number of rotatable bonds is 3. The average Bonchev–Trinajstić information content (AvgIpc) is 2.87. The maximum absolute atomic E-state index is 12.0. The molecule has 0 aromatic heterocycles. The first kappa shape index (κ1) is 13.5. The van der Waals surface area contributed by atoms with Crippen LogP contribution in [0.3, 0.4) is 0 Å². The van der Waals surface area contributed by atoms with Crippen LogP contribution in [0.15, 0.2) is 42.5 Å². The Morgan fingerprint density at radius 1 is 1.33 bits per heavy atom. The molecule has 4 heteroatoms. The summed E-state index contributed by atoms with van der Waals surface area (Å²) < 4.78 is 11.1. The van der Waals surface area contributed by atoms with Gasteiger partial charge in [-0.25, -0.2) is 4.79 Å². The van der Waals surface area contributed by atoms with Crippen LogP contribution in [0.25, 0.3) is 0 Å². The molecule has 1 aliphatic rings. The van der Waals surface area contributed by atoms with E-state index in [0.29, 0.717) is 11.3 Å². The van der Waals surface area contributed by atoms with Gasteiger partial charge in [-0.3, -0.25) is 0 Å². The lowest BCUT2D eigenvalue weighted by Gasteiger charge is -2.12. The van der Waals surface area contributed by atoms with E-state index < -0.39 is 5.97 Å². The second-order valence-corrected chi connectivity index (χ2v) is 5.24. The van der Waals surface area contributed by atoms with Gasteiger partial charge in [0, 0.05) is 12.1 Å². The van der Waals surface area contributed by atoms with E-state index in [1.54, 1.807) is 24.3 Å². The van der Waals surface area contributed by atoms with E-state index in [2.05, 4.69) is 6.07 Å². The zero-order valence-corrected chi connectivity index (χ0v) is 11.8. The highest BCUT2D eigenvalue weighted by atomic mass is 16.6. The molecule has 0 amide bonds. The van der Waals surface area contributed by atoms with Gasteiger partial charge in [0.05, 0.1) is 5.56 Å². The van der Waals surface area contributed by atoms with Crippen LogP contribution in [0.1, 0.15) is 21.5 Å². The second-order valence-electron chi connectivity index (χ2n) is 5.24. The van der Waals surface area contributed by atoms with Crippen molar-refractivity contribution in [3.63, 3.8) is 0 Å². The SMILES string of the molecule is Cc1ccc2c(c1)CC(COC(=O)c1ccccc1N)O2. The Balaban J connectivity index is 1.60. The van der Waals surface area contributed by atoms with Gasteiger partial charge in [-0.2, -0.15) is 0 Å². The summed E-state index contributed by atoms with van der Waals surface area (Å²) >= 11 is 0. The Kier molecular flexibility index (Phi) is 3.52. The van der Waals surface area contributed by atoms with Crippen molar-refractivity contribution in [3.05, 3.63) is 59.2 Å². The number of aryl methyl sites for hydroxylation is 1. The molecule has 0 saturated heterocycles. The van der Waals surface area contributed by atoms with E-state index in [-0.39, 0.29) is 12.7 Å². The van der Waals surface area contributed by atoms with Gasteiger partial charge in [-0.15, -0.1) is 0 Å². The van der Waals surface area contributed by atoms with Crippen molar-refractivity contribution < 1.29 is 14.3 Å². The number of nitrogen functional groups attached to an aromatic ring is 1. The van der Waals surface area contributed by atoms with Gasteiger partial charge >= 0.3 is 5.97 Å². The molecular formula is C17H17NO3. The first-order chi connectivity index (χ1) is 10.1. The summed E-state index contributed by atoms with van der Waals surface area (Å²) in [5, 5.41) is 0. The third-order valence-corrected chi connectivity index (χ3v) is 3.54. The lowest BCUT2D eigenvalue weighted by molar-refractivity contribution is 0.0348. The van der Waals surface area contributed by atoms with Crippen LogP contribution in [0, 0.1) is 6.92 Å². The smallest absolute Gasteiger partial charge is 0.340 e. The van der Waals surface area contributed by atoms with Gasteiger partial charge in [-0.1, -0.05) is 29.8 Å². The Hall–Kier alpha value is -2.49. The Morgan fingerprint density at radius 3 is 2.95 bits per heavy atom. The highest BCUT2D eigenvalue weighted by molar-refractivity contribution is 5.94. The Labute approximate surface area is 123 Å². The second kappa shape index (κ2) is 5.48. The summed E-state index contributed by atoms with van der Waals surface area (Å²) in [5.41, 5.74) is 8.94. The first-order valence-corrected chi connectivity index (χ1v) is 6.91. The van der Waals surface area contributed by atoms with Crippen molar-refractivity contribution in [2.75, 3.05) is 12.3 Å². The Bertz CT molecular complexity index is 681. The molecular weight excluding hydrogens is 266 g/mol. The fraction of sp³-hybridized carbons (Fsp3) is 0.235. The highest BCUT2D eigenvalue weighted by Gasteiger charge is 2.24. The fourth-order valence-electron chi connectivity index (χ4n) is 2.47. The van der Waals surface area contributed by atoms with Crippen molar-refractivity contribution in [2.24, 2.45) is 0 Å². The minimum absolute atomic E-state index is 0.129. The summed E-state index contributed by atoms with van der Waals surface area (Å²) in [5.74, 6) is 0.463. The van der Waals surface area contributed by atoms with Gasteiger partial charge in [0.2, 0.25) is 0 Å². The minimum atomic E-state index is -0.413. The van der Waals surface area contributed by atoms with Crippen LogP contribution in [0.4, 0.5) is 5.69 Å². The predicted molar refractivity (Wildman–Crippen MR) is 80.4 cm³/mol. The van der Waals surface area contributed by atoms with E-state index >= 15 is 0 Å². The third-order valence-electron chi connectivity index (χ3n) is 3.54. The number of hydrogen-bond donors (Lipinski definition) is 1. The van der Waals surface area contributed by atoms with Crippen molar-refractivity contribution in [3.8, 4) is 5.75 Å². The molecule has 2 aromatic carbocycles. The maximum Gasteiger partial charge on any atom is 0.340 e. The van der Waals surface area contributed by atoms with E-state index in [4.69, 9.17) is 15.2 Å². The monoisotopic (exact) mass is 283 g/mol. The molecule has 0 bridgehead atoms. The summed E-state index contributed by atoms with van der Waals surface area (Å²) in [6.45, 7) is 2.27. The van der Waals surface area contributed by atoms with E-state index in [0.717, 1.165) is 17.7 Å². The normalized spacial score (nSPS) is 16.1. The predicted octanol–water partition coefficient (Wildman–Crippen LogP) is 2.74. The Morgan fingerprint density at radius 2 is 2.14 bits per heavy atom. The molecule has 2 N–H and O–H groups in total. The van der Waals surface area contributed by atoms with Crippen LogP contribution in [0.5, 0.6) is 5.75 Å². The van der Waals surface area contributed by atoms with Crippen LogP contribution >= 0.6 is 0 Å². The van der Waals surface area contributed by atoms with Gasteiger partial charge in [0.1, 0.15) is 18.5 Å². The van der Waals surface area contributed by atoms with E-state index in [9.17, 15) is 4.79 Å². The van der Waals surface area contributed by atoms with Gasteiger partial charge in [0.15, 0.2) is 0 Å².